The Bertz CT molecular complexity index is 1070. The van der Waals surface area contributed by atoms with Gasteiger partial charge in [0.05, 0.1) is 12.6 Å². The number of phenols is 1. The monoisotopic (exact) mass is 546 g/mol. The normalized spacial score (nSPS) is 14.0. The highest BCUT2D eigenvalue weighted by Gasteiger charge is 2.30. The van der Waals surface area contributed by atoms with Crippen molar-refractivity contribution in [1.82, 2.24) is 16.0 Å². The van der Waals surface area contributed by atoms with Gasteiger partial charge in [-0.15, -0.1) is 0 Å². The van der Waals surface area contributed by atoms with Crippen molar-refractivity contribution in [1.29, 1.82) is 0 Å². The minimum atomic E-state index is -1.45. The molecule has 0 spiro atoms. The van der Waals surface area contributed by atoms with Crippen molar-refractivity contribution in [3.8, 4) is 5.75 Å². The number of phenolic OH excluding ortho intramolecular Hbond substituents is 1. The highest BCUT2D eigenvalue weighted by molar-refractivity contribution is 7.98. The van der Waals surface area contributed by atoms with Crippen LogP contribution in [0.25, 0.3) is 0 Å². The summed E-state index contributed by atoms with van der Waals surface area (Å²) in [5.74, 6) is -2.97. The molecule has 12 heteroatoms. The molecule has 3 amide bonds. The number of nitrogens with one attached hydrogen (secondary N) is 3. The standard InChI is InChI=1S/C26H34N4O7S/c1-38-12-11-20(26(36)37)28-25(35)22(15-31)30-24(34)21(14-17-7-9-18(32)10-8-17)29-23(33)19(27)13-16-5-3-2-4-6-16/h2-10,19-22,31-32H,11-15,27H2,1H3,(H,28,35)(H,29,33)(H,30,34)(H,36,37). The molecule has 2 aromatic carbocycles. The first-order chi connectivity index (χ1) is 18.1. The van der Waals surface area contributed by atoms with Gasteiger partial charge in [0.15, 0.2) is 0 Å². The van der Waals surface area contributed by atoms with E-state index in [9.17, 15) is 34.5 Å². The molecule has 0 saturated carbocycles. The first-order valence-electron chi connectivity index (χ1n) is 12.0. The van der Waals surface area contributed by atoms with E-state index in [1.165, 1.54) is 23.9 Å². The molecule has 206 valence electrons. The van der Waals surface area contributed by atoms with Crippen LogP contribution in [0.15, 0.2) is 54.6 Å². The van der Waals surface area contributed by atoms with Crippen molar-refractivity contribution in [3.05, 3.63) is 65.7 Å². The van der Waals surface area contributed by atoms with Crippen molar-refractivity contribution in [2.45, 2.75) is 43.4 Å². The highest BCUT2D eigenvalue weighted by atomic mass is 32.2. The Morgan fingerprint density at radius 3 is 1.95 bits per heavy atom. The van der Waals surface area contributed by atoms with Gasteiger partial charge in [0.2, 0.25) is 17.7 Å². The van der Waals surface area contributed by atoms with Crippen molar-refractivity contribution < 1.29 is 34.5 Å². The number of hydrogen-bond donors (Lipinski definition) is 7. The lowest BCUT2D eigenvalue weighted by Gasteiger charge is -2.24. The number of aromatic hydroxyl groups is 1. The molecule has 0 heterocycles. The van der Waals surface area contributed by atoms with Gasteiger partial charge >= 0.3 is 5.97 Å². The molecular formula is C26H34N4O7S. The molecule has 4 atom stereocenters. The van der Waals surface area contributed by atoms with Crippen molar-refractivity contribution in [2.75, 3.05) is 18.6 Å². The van der Waals surface area contributed by atoms with Gasteiger partial charge in [0.25, 0.3) is 0 Å². The Labute approximate surface area is 225 Å². The maximum Gasteiger partial charge on any atom is 0.326 e. The number of carbonyl (C=O) groups is 4. The van der Waals surface area contributed by atoms with E-state index in [4.69, 9.17) is 5.73 Å². The number of rotatable bonds is 15. The summed E-state index contributed by atoms with van der Waals surface area (Å²) in [6.07, 6.45) is 2.19. The fourth-order valence-electron chi connectivity index (χ4n) is 3.55. The average Bonchev–Trinajstić information content (AvgIpc) is 2.90. The molecule has 0 bridgehead atoms. The molecule has 0 aromatic heterocycles. The summed E-state index contributed by atoms with van der Waals surface area (Å²) in [5.41, 5.74) is 7.51. The SMILES string of the molecule is CSCCC(NC(=O)C(CO)NC(=O)C(Cc1ccc(O)cc1)NC(=O)C(N)Cc1ccccc1)C(=O)O. The van der Waals surface area contributed by atoms with Crippen molar-refractivity contribution in [2.24, 2.45) is 5.73 Å². The highest BCUT2D eigenvalue weighted by Crippen LogP contribution is 2.12. The van der Waals surface area contributed by atoms with E-state index in [2.05, 4.69) is 16.0 Å². The van der Waals surface area contributed by atoms with Gasteiger partial charge in [-0.25, -0.2) is 4.79 Å². The Kier molecular flexibility index (Phi) is 12.6. The molecule has 0 saturated heterocycles. The van der Waals surface area contributed by atoms with Gasteiger partial charge in [-0.2, -0.15) is 11.8 Å². The van der Waals surface area contributed by atoms with Crippen LogP contribution in [0.2, 0.25) is 0 Å². The van der Waals surface area contributed by atoms with Crippen LogP contribution in [0.5, 0.6) is 5.75 Å². The predicted octanol–water partition coefficient (Wildman–Crippen LogP) is -0.211. The molecule has 11 nitrogen and oxygen atoms in total. The van der Waals surface area contributed by atoms with Crippen LogP contribution in [0, 0.1) is 0 Å². The number of carbonyl (C=O) groups excluding carboxylic acids is 3. The number of aliphatic hydroxyl groups is 1. The second-order valence-electron chi connectivity index (χ2n) is 8.65. The molecule has 0 fully saturated rings. The van der Waals surface area contributed by atoms with Crippen LogP contribution in [0.4, 0.5) is 0 Å². The van der Waals surface area contributed by atoms with Gasteiger partial charge in [0.1, 0.15) is 23.9 Å². The summed E-state index contributed by atoms with van der Waals surface area (Å²) < 4.78 is 0. The van der Waals surface area contributed by atoms with E-state index in [1.807, 2.05) is 30.3 Å². The second-order valence-corrected chi connectivity index (χ2v) is 9.64. The Hall–Kier alpha value is -3.61. The summed E-state index contributed by atoms with van der Waals surface area (Å²) in [7, 11) is 0. The minimum Gasteiger partial charge on any atom is -0.508 e. The van der Waals surface area contributed by atoms with Crippen LogP contribution in [0.3, 0.4) is 0 Å². The fourth-order valence-corrected chi connectivity index (χ4v) is 4.02. The Morgan fingerprint density at radius 1 is 0.816 bits per heavy atom. The Balaban J connectivity index is 2.14. The number of benzene rings is 2. The lowest BCUT2D eigenvalue weighted by molar-refractivity contribution is -0.142. The minimum absolute atomic E-state index is 0.00114. The third kappa shape index (κ3) is 10.0. The second kappa shape index (κ2) is 15.6. The van der Waals surface area contributed by atoms with E-state index < -0.39 is 54.5 Å². The summed E-state index contributed by atoms with van der Waals surface area (Å²) in [6, 6.07) is 10.3. The molecule has 4 unspecified atom stereocenters. The topological polar surface area (TPSA) is 191 Å². The van der Waals surface area contributed by atoms with Crippen molar-refractivity contribution >= 4 is 35.5 Å². The van der Waals surface area contributed by atoms with Crippen LogP contribution < -0.4 is 21.7 Å². The van der Waals surface area contributed by atoms with Gasteiger partial charge in [-0.05, 0) is 48.1 Å². The zero-order valence-corrected chi connectivity index (χ0v) is 21.8. The van der Waals surface area contributed by atoms with E-state index in [0.717, 1.165) is 5.56 Å². The molecule has 0 radical (unpaired) electrons. The van der Waals surface area contributed by atoms with Crippen LogP contribution in [-0.2, 0) is 32.0 Å². The zero-order chi connectivity index (χ0) is 28.1. The first kappa shape index (κ1) is 30.6. The quantitative estimate of drug-likeness (QED) is 0.158. The number of carboxylic acids is 1. The van der Waals surface area contributed by atoms with Crippen molar-refractivity contribution in [3.63, 3.8) is 0 Å². The number of carboxylic acid groups (broad SMARTS) is 1. The summed E-state index contributed by atoms with van der Waals surface area (Å²) in [5, 5.41) is 36.0. The number of thioether (sulfide) groups is 1. The largest absolute Gasteiger partial charge is 0.508 e. The van der Waals surface area contributed by atoms with Gasteiger partial charge < -0.3 is 37.0 Å². The zero-order valence-electron chi connectivity index (χ0n) is 21.0. The maximum atomic E-state index is 13.2. The van der Waals surface area contributed by atoms with Gasteiger partial charge in [-0.3, -0.25) is 14.4 Å². The van der Waals surface area contributed by atoms with Crippen LogP contribution >= 0.6 is 11.8 Å². The molecule has 2 rings (SSSR count). The number of nitrogens with two attached hydrogens (primary N) is 1. The number of amides is 3. The molecule has 0 aliphatic carbocycles. The molecule has 0 aliphatic heterocycles. The maximum absolute atomic E-state index is 13.2. The smallest absolute Gasteiger partial charge is 0.326 e. The molecule has 0 aliphatic rings. The average molecular weight is 547 g/mol. The number of aliphatic hydroxyl groups excluding tert-OH is 1. The van der Waals surface area contributed by atoms with E-state index in [1.54, 1.807) is 18.4 Å². The molecule has 8 N–H and O–H groups in total. The summed E-state index contributed by atoms with van der Waals surface area (Å²) in [4.78, 5) is 50.2. The lowest BCUT2D eigenvalue weighted by Crippen LogP contribution is -2.58. The third-order valence-electron chi connectivity index (χ3n) is 5.69. The number of aliphatic carboxylic acids is 1. The molecular weight excluding hydrogens is 512 g/mol. The Morgan fingerprint density at radius 2 is 1.37 bits per heavy atom. The van der Waals surface area contributed by atoms with E-state index in [-0.39, 0.29) is 25.0 Å². The molecule has 38 heavy (non-hydrogen) atoms. The first-order valence-corrected chi connectivity index (χ1v) is 13.3. The van der Waals surface area contributed by atoms with Crippen LogP contribution in [0.1, 0.15) is 17.5 Å². The molecule has 2 aromatic rings. The van der Waals surface area contributed by atoms with E-state index >= 15 is 0 Å². The third-order valence-corrected chi connectivity index (χ3v) is 6.33. The number of hydrogen-bond acceptors (Lipinski definition) is 8. The van der Waals surface area contributed by atoms with Gasteiger partial charge in [0, 0.05) is 6.42 Å². The van der Waals surface area contributed by atoms with Gasteiger partial charge in [-0.1, -0.05) is 42.5 Å². The van der Waals surface area contributed by atoms with Crippen LogP contribution in [-0.4, -0.2) is 81.8 Å². The summed E-state index contributed by atoms with van der Waals surface area (Å²) in [6.45, 7) is -0.792. The lowest BCUT2D eigenvalue weighted by atomic mass is 10.0. The summed E-state index contributed by atoms with van der Waals surface area (Å²) >= 11 is 1.41. The van der Waals surface area contributed by atoms with E-state index in [0.29, 0.717) is 11.3 Å². The fraction of sp³-hybridized carbons (Fsp3) is 0.385. The predicted molar refractivity (Wildman–Crippen MR) is 143 cm³/mol.